The highest BCUT2D eigenvalue weighted by Crippen LogP contribution is 1.94. The molecule has 0 heterocycles. The summed E-state index contributed by atoms with van der Waals surface area (Å²) in [4.78, 5) is 2.23. The Balaban J connectivity index is 3.37. The Morgan fingerprint density at radius 1 is 1.62 bits per heavy atom. The quantitative estimate of drug-likeness (QED) is 0.451. The molecule has 0 radical (unpaired) electrons. The van der Waals surface area contributed by atoms with Crippen LogP contribution in [0.1, 0.15) is 12.8 Å². The van der Waals surface area contributed by atoms with Crippen LogP contribution in [0.3, 0.4) is 0 Å². The van der Waals surface area contributed by atoms with Crippen LogP contribution < -0.4 is 5.73 Å². The van der Waals surface area contributed by atoms with E-state index in [1.54, 1.807) is 7.11 Å². The molecule has 3 heteroatoms. The van der Waals surface area contributed by atoms with Crippen LogP contribution in [0.25, 0.3) is 0 Å². The summed E-state index contributed by atoms with van der Waals surface area (Å²) in [7, 11) is 3.76. The summed E-state index contributed by atoms with van der Waals surface area (Å²) >= 11 is 0. The molecule has 0 saturated carbocycles. The van der Waals surface area contributed by atoms with Crippen molar-refractivity contribution in [3.8, 4) is 0 Å². The first-order valence-corrected chi connectivity index (χ1v) is 4.74. The number of methoxy groups -OCH3 is 1. The van der Waals surface area contributed by atoms with Crippen molar-refractivity contribution in [1.29, 1.82) is 0 Å². The number of hydrogen-bond acceptors (Lipinski definition) is 3. The number of unbranched alkanes of at least 4 members (excludes halogenated alkanes) is 1. The van der Waals surface area contributed by atoms with Gasteiger partial charge in [-0.15, -0.1) is 6.58 Å². The molecule has 0 rings (SSSR count). The first-order chi connectivity index (χ1) is 6.20. The van der Waals surface area contributed by atoms with E-state index in [2.05, 4.69) is 18.5 Å². The Morgan fingerprint density at radius 3 is 2.85 bits per heavy atom. The van der Waals surface area contributed by atoms with E-state index in [9.17, 15) is 0 Å². The topological polar surface area (TPSA) is 38.5 Å². The van der Waals surface area contributed by atoms with Gasteiger partial charge < -0.3 is 15.4 Å². The third kappa shape index (κ3) is 7.96. The highest BCUT2D eigenvalue weighted by atomic mass is 16.5. The van der Waals surface area contributed by atoms with Crippen molar-refractivity contribution in [2.45, 2.75) is 18.9 Å². The van der Waals surface area contributed by atoms with Crippen LogP contribution >= 0.6 is 0 Å². The van der Waals surface area contributed by atoms with Crippen LogP contribution in [0.5, 0.6) is 0 Å². The fourth-order valence-corrected chi connectivity index (χ4v) is 1.26. The molecule has 1 unspecified atom stereocenters. The Bertz CT molecular complexity index is 128. The second-order valence-electron chi connectivity index (χ2n) is 3.41. The predicted octanol–water partition coefficient (Wildman–Crippen LogP) is 0.858. The molecule has 0 amide bonds. The van der Waals surface area contributed by atoms with E-state index in [0.717, 1.165) is 25.9 Å². The summed E-state index contributed by atoms with van der Waals surface area (Å²) < 4.78 is 4.96. The third-order valence-electron chi connectivity index (χ3n) is 1.88. The molecule has 2 N–H and O–H groups in total. The maximum atomic E-state index is 5.80. The predicted molar refractivity (Wildman–Crippen MR) is 56.8 cm³/mol. The van der Waals surface area contributed by atoms with Gasteiger partial charge in [-0.1, -0.05) is 6.08 Å². The van der Waals surface area contributed by atoms with E-state index < -0.39 is 0 Å². The standard InChI is InChI=1S/C10H22N2O/c1-4-5-6-7-12(2)8-10(11)9-13-3/h4,10H,1,5-9,11H2,2-3H3. The SMILES string of the molecule is C=CCCCN(C)CC(N)COC. The number of nitrogens with zero attached hydrogens (tertiary/aromatic N) is 1. The molecule has 0 aromatic rings. The first kappa shape index (κ1) is 12.6. The van der Waals surface area contributed by atoms with Gasteiger partial charge in [0.1, 0.15) is 0 Å². The summed E-state index contributed by atoms with van der Waals surface area (Å²) in [6.07, 6.45) is 4.17. The van der Waals surface area contributed by atoms with Gasteiger partial charge in [-0.3, -0.25) is 0 Å². The lowest BCUT2D eigenvalue weighted by Gasteiger charge is -2.20. The molecule has 0 aliphatic carbocycles. The van der Waals surface area contributed by atoms with Gasteiger partial charge in [-0.2, -0.15) is 0 Å². The molecule has 78 valence electrons. The second kappa shape index (κ2) is 8.23. The van der Waals surface area contributed by atoms with Crippen LogP contribution in [-0.4, -0.2) is 44.8 Å². The molecular formula is C10H22N2O. The number of nitrogens with two attached hydrogens (primary N) is 1. The van der Waals surface area contributed by atoms with Crippen molar-refractivity contribution < 1.29 is 4.74 Å². The van der Waals surface area contributed by atoms with Gasteiger partial charge in [0.05, 0.1) is 6.61 Å². The maximum Gasteiger partial charge on any atom is 0.0626 e. The highest BCUT2D eigenvalue weighted by Gasteiger charge is 2.05. The minimum Gasteiger partial charge on any atom is -0.383 e. The van der Waals surface area contributed by atoms with Crippen molar-refractivity contribution in [3.05, 3.63) is 12.7 Å². The first-order valence-electron chi connectivity index (χ1n) is 4.74. The number of likely N-dealkylation sites (N-methyl/N-ethyl adjacent to an activating group) is 1. The van der Waals surface area contributed by atoms with Crippen LogP contribution in [-0.2, 0) is 4.74 Å². The van der Waals surface area contributed by atoms with Gasteiger partial charge >= 0.3 is 0 Å². The minimum atomic E-state index is 0.124. The number of rotatable bonds is 8. The summed E-state index contributed by atoms with van der Waals surface area (Å²) in [6.45, 7) is 6.28. The number of hydrogen-bond donors (Lipinski definition) is 1. The molecule has 0 aliphatic heterocycles. The summed E-state index contributed by atoms with van der Waals surface area (Å²) in [5.41, 5.74) is 5.80. The Kier molecular flexibility index (Phi) is 7.99. The molecule has 0 bridgehead atoms. The number of allylic oxidation sites excluding steroid dienone is 1. The molecule has 3 nitrogen and oxygen atoms in total. The van der Waals surface area contributed by atoms with E-state index in [-0.39, 0.29) is 6.04 Å². The lowest BCUT2D eigenvalue weighted by atomic mass is 10.2. The van der Waals surface area contributed by atoms with Crippen molar-refractivity contribution >= 4 is 0 Å². The largest absolute Gasteiger partial charge is 0.383 e. The van der Waals surface area contributed by atoms with E-state index in [1.165, 1.54) is 0 Å². The smallest absolute Gasteiger partial charge is 0.0626 e. The molecule has 0 fully saturated rings. The average molecular weight is 186 g/mol. The normalized spacial score (nSPS) is 13.2. The molecule has 0 spiro atoms. The Morgan fingerprint density at radius 2 is 2.31 bits per heavy atom. The zero-order valence-electron chi connectivity index (χ0n) is 8.83. The zero-order chi connectivity index (χ0) is 10.1. The lowest BCUT2D eigenvalue weighted by molar-refractivity contribution is 0.161. The van der Waals surface area contributed by atoms with Crippen LogP contribution in [0.4, 0.5) is 0 Å². The second-order valence-corrected chi connectivity index (χ2v) is 3.41. The highest BCUT2D eigenvalue weighted by molar-refractivity contribution is 4.69. The van der Waals surface area contributed by atoms with Crippen molar-refractivity contribution in [2.24, 2.45) is 5.73 Å². The van der Waals surface area contributed by atoms with E-state index >= 15 is 0 Å². The van der Waals surface area contributed by atoms with Gasteiger partial charge in [0.15, 0.2) is 0 Å². The molecule has 0 saturated heterocycles. The summed E-state index contributed by atoms with van der Waals surface area (Å²) in [5.74, 6) is 0. The summed E-state index contributed by atoms with van der Waals surface area (Å²) in [6, 6.07) is 0.124. The van der Waals surface area contributed by atoms with Crippen LogP contribution in [0.15, 0.2) is 12.7 Å². The fraction of sp³-hybridized carbons (Fsp3) is 0.800. The van der Waals surface area contributed by atoms with Gasteiger partial charge in [0.25, 0.3) is 0 Å². The van der Waals surface area contributed by atoms with E-state index in [1.807, 2.05) is 6.08 Å². The van der Waals surface area contributed by atoms with Crippen molar-refractivity contribution in [2.75, 3.05) is 33.9 Å². The fourth-order valence-electron chi connectivity index (χ4n) is 1.26. The molecule has 0 aliphatic rings. The molecule has 0 aromatic carbocycles. The van der Waals surface area contributed by atoms with Gasteiger partial charge in [0, 0.05) is 19.7 Å². The molecule has 13 heavy (non-hydrogen) atoms. The van der Waals surface area contributed by atoms with Gasteiger partial charge in [0.2, 0.25) is 0 Å². The number of ether oxygens (including phenoxy) is 1. The Labute approximate surface area is 81.5 Å². The van der Waals surface area contributed by atoms with Crippen LogP contribution in [0, 0.1) is 0 Å². The maximum absolute atomic E-state index is 5.80. The third-order valence-corrected chi connectivity index (χ3v) is 1.88. The molecular weight excluding hydrogens is 164 g/mol. The van der Waals surface area contributed by atoms with Crippen molar-refractivity contribution in [3.63, 3.8) is 0 Å². The average Bonchev–Trinajstić information content (AvgIpc) is 2.05. The van der Waals surface area contributed by atoms with Crippen molar-refractivity contribution in [1.82, 2.24) is 4.90 Å². The van der Waals surface area contributed by atoms with E-state index in [4.69, 9.17) is 10.5 Å². The minimum absolute atomic E-state index is 0.124. The van der Waals surface area contributed by atoms with E-state index in [0.29, 0.717) is 6.61 Å². The van der Waals surface area contributed by atoms with Crippen LogP contribution in [0.2, 0.25) is 0 Å². The molecule has 1 atom stereocenters. The summed E-state index contributed by atoms with van der Waals surface area (Å²) in [5, 5.41) is 0. The molecule has 0 aromatic heterocycles. The Hall–Kier alpha value is -0.380. The monoisotopic (exact) mass is 186 g/mol. The zero-order valence-corrected chi connectivity index (χ0v) is 8.83. The van der Waals surface area contributed by atoms with Gasteiger partial charge in [-0.25, -0.2) is 0 Å². The van der Waals surface area contributed by atoms with Gasteiger partial charge in [-0.05, 0) is 26.4 Å². The lowest BCUT2D eigenvalue weighted by Crippen LogP contribution is -2.38.